The molecule has 4 fully saturated rings. The number of nitrogens with one attached hydrogen (secondary N) is 2. The van der Waals surface area contributed by atoms with E-state index in [1.165, 1.54) is 37.8 Å². The highest BCUT2D eigenvalue weighted by Gasteiger charge is 2.48. The second-order valence-corrected chi connectivity index (χ2v) is 6.59. The van der Waals surface area contributed by atoms with E-state index in [9.17, 15) is 0 Å². The first kappa shape index (κ1) is 13.3. The number of para-hydroxylation sites is 1. The molecule has 0 saturated heterocycles. The van der Waals surface area contributed by atoms with Crippen LogP contribution in [0.2, 0.25) is 0 Å². The molecular formula is C16H23ClN2. The van der Waals surface area contributed by atoms with Crippen molar-refractivity contribution >= 4 is 18.1 Å². The van der Waals surface area contributed by atoms with Gasteiger partial charge in [-0.05, 0) is 67.9 Å². The van der Waals surface area contributed by atoms with Crippen LogP contribution in [0, 0.1) is 23.7 Å². The molecule has 0 radical (unpaired) electrons. The Labute approximate surface area is 121 Å². The smallest absolute Gasteiger partial charge is 0.0487 e. The minimum Gasteiger partial charge on any atom is -0.321 e. The maximum absolute atomic E-state index is 3.63. The van der Waals surface area contributed by atoms with E-state index in [1.54, 1.807) is 0 Å². The van der Waals surface area contributed by atoms with Crippen LogP contribution in [0.25, 0.3) is 0 Å². The zero-order valence-electron chi connectivity index (χ0n) is 11.2. The molecule has 2 nitrogen and oxygen atoms in total. The third-order valence-corrected chi connectivity index (χ3v) is 5.38. The highest BCUT2D eigenvalue weighted by atomic mass is 35.5. The van der Waals surface area contributed by atoms with E-state index >= 15 is 0 Å². The van der Waals surface area contributed by atoms with Crippen LogP contribution in [-0.4, -0.2) is 6.04 Å². The van der Waals surface area contributed by atoms with Crippen molar-refractivity contribution in [3.63, 3.8) is 0 Å². The summed E-state index contributed by atoms with van der Waals surface area (Å²) in [5.41, 5.74) is 8.24. The number of hydrazine groups is 1. The second kappa shape index (κ2) is 5.34. The molecule has 0 spiro atoms. The van der Waals surface area contributed by atoms with Crippen LogP contribution in [0.15, 0.2) is 30.3 Å². The van der Waals surface area contributed by atoms with Gasteiger partial charge < -0.3 is 5.43 Å². The molecule has 4 saturated carbocycles. The molecule has 0 amide bonds. The first-order valence-corrected chi connectivity index (χ1v) is 7.45. The average molecular weight is 279 g/mol. The summed E-state index contributed by atoms with van der Waals surface area (Å²) in [5, 5.41) is 0. The Bertz CT molecular complexity index is 392. The fourth-order valence-electron chi connectivity index (χ4n) is 4.85. The fraction of sp³-hybridized carbons (Fsp3) is 0.625. The average Bonchev–Trinajstić information content (AvgIpc) is 2.38. The molecule has 4 aliphatic carbocycles. The Kier molecular flexibility index (Phi) is 3.72. The molecule has 1 aromatic carbocycles. The summed E-state index contributed by atoms with van der Waals surface area (Å²) in [7, 11) is 0. The molecule has 5 rings (SSSR count). The van der Waals surface area contributed by atoms with Gasteiger partial charge in [0.2, 0.25) is 0 Å². The molecule has 4 aliphatic rings. The summed E-state index contributed by atoms with van der Waals surface area (Å²) >= 11 is 0. The van der Waals surface area contributed by atoms with E-state index < -0.39 is 0 Å². The summed E-state index contributed by atoms with van der Waals surface area (Å²) in [6.45, 7) is 0. The lowest BCUT2D eigenvalue weighted by molar-refractivity contribution is -0.0110. The van der Waals surface area contributed by atoms with Crippen LogP contribution in [0.1, 0.15) is 32.1 Å². The molecule has 104 valence electrons. The maximum atomic E-state index is 3.63. The quantitative estimate of drug-likeness (QED) is 0.821. The standard InChI is InChI=1S/C16H22N2.ClH/c1-2-4-15(5-3-1)17-18-16-13-7-11-6-12(9-13)10-14(16)8-11;/h1-5,11-14,16-18H,6-10H2;1H. The van der Waals surface area contributed by atoms with Crippen molar-refractivity contribution in [1.82, 2.24) is 5.43 Å². The molecule has 1 aromatic rings. The van der Waals surface area contributed by atoms with Crippen LogP contribution >= 0.6 is 12.4 Å². The van der Waals surface area contributed by atoms with Crippen molar-refractivity contribution in [2.24, 2.45) is 23.7 Å². The first-order chi connectivity index (χ1) is 8.88. The Morgan fingerprint density at radius 1 is 0.789 bits per heavy atom. The summed E-state index contributed by atoms with van der Waals surface area (Å²) in [5.74, 6) is 3.97. The van der Waals surface area contributed by atoms with E-state index in [-0.39, 0.29) is 12.4 Å². The van der Waals surface area contributed by atoms with Crippen molar-refractivity contribution in [2.75, 3.05) is 5.43 Å². The number of rotatable bonds is 3. The zero-order chi connectivity index (χ0) is 11.9. The van der Waals surface area contributed by atoms with E-state index in [2.05, 4.69) is 41.2 Å². The number of anilines is 1. The molecule has 0 unspecified atom stereocenters. The largest absolute Gasteiger partial charge is 0.321 e. The third kappa shape index (κ3) is 2.48. The van der Waals surface area contributed by atoms with Gasteiger partial charge in [0.25, 0.3) is 0 Å². The molecule has 0 atom stereocenters. The topological polar surface area (TPSA) is 24.1 Å². The van der Waals surface area contributed by atoms with E-state index in [1.807, 2.05) is 0 Å². The lowest BCUT2D eigenvalue weighted by atomic mass is 9.54. The lowest BCUT2D eigenvalue weighted by Gasteiger charge is -2.54. The van der Waals surface area contributed by atoms with Crippen molar-refractivity contribution in [2.45, 2.75) is 38.1 Å². The number of benzene rings is 1. The van der Waals surface area contributed by atoms with E-state index in [4.69, 9.17) is 0 Å². The van der Waals surface area contributed by atoms with Crippen LogP contribution in [0.4, 0.5) is 5.69 Å². The van der Waals surface area contributed by atoms with Gasteiger partial charge in [-0.15, -0.1) is 12.4 Å². The van der Waals surface area contributed by atoms with Gasteiger partial charge in [0.15, 0.2) is 0 Å². The van der Waals surface area contributed by atoms with Gasteiger partial charge in [-0.3, -0.25) is 0 Å². The van der Waals surface area contributed by atoms with E-state index in [0.717, 1.165) is 23.7 Å². The molecule has 2 N–H and O–H groups in total. The van der Waals surface area contributed by atoms with Gasteiger partial charge in [0.1, 0.15) is 0 Å². The van der Waals surface area contributed by atoms with Gasteiger partial charge in [-0.25, -0.2) is 5.43 Å². The molecule has 0 aromatic heterocycles. The summed E-state index contributed by atoms with van der Waals surface area (Å²) in [4.78, 5) is 0. The maximum Gasteiger partial charge on any atom is 0.0487 e. The predicted octanol–water partition coefficient (Wildman–Crippen LogP) is 3.85. The molecule has 3 heteroatoms. The minimum absolute atomic E-state index is 0. The van der Waals surface area contributed by atoms with Crippen LogP contribution in [-0.2, 0) is 0 Å². The summed E-state index contributed by atoms with van der Waals surface area (Å²) in [6.07, 6.45) is 7.43. The predicted molar refractivity (Wildman–Crippen MR) is 81.3 cm³/mol. The Balaban J connectivity index is 0.00000110. The van der Waals surface area contributed by atoms with Crippen molar-refractivity contribution in [3.8, 4) is 0 Å². The second-order valence-electron chi connectivity index (χ2n) is 6.59. The summed E-state index contributed by atoms with van der Waals surface area (Å²) < 4.78 is 0. The summed E-state index contributed by atoms with van der Waals surface area (Å²) in [6, 6.07) is 11.2. The Hall–Kier alpha value is -0.730. The van der Waals surface area contributed by atoms with Crippen molar-refractivity contribution in [1.29, 1.82) is 0 Å². The monoisotopic (exact) mass is 278 g/mol. The molecule has 0 aliphatic heterocycles. The van der Waals surface area contributed by atoms with Gasteiger partial charge in [-0.2, -0.15) is 0 Å². The molecule has 19 heavy (non-hydrogen) atoms. The number of halogens is 1. The number of hydrogen-bond donors (Lipinski definition) is 2. The van der Waals surface area contributed by atoms with Crippen molar-refractivity contribution in [3.05, 3.63) is 30.3 Å². The fourth-order valence-corrected chi connectivity index (χ4v) is 4.85. The molecule has 4 bridgehead atoms. The number of hydrogen-bond acceptors (Lipinski definition) is 2. The first-order valence-electron chi connectivity index (χ1n) is 7.45. The molecular weight excluding hydrogens is 256 g/mol. The van der Waals surface area contributed by atoms with Crippen LogP contribution in [0.5, 0.6) is 0 Å². The van der Waals surface area contributed by atoms with Gasteiger partial charge in [0, 0.05) is 11.7 Å². The Morgan fingerprint density at radius 2 is 1.37 bits per heavy atom. The Morgan fingerprint density at radius 3 is 1.95 bits per heavy atom. The van der Waals surface area contributed by atoms with Crippen LogP contribution < -0.4 is 10.9 Å². The van der Waals surface area contributed by atoms with Gasteiger partial charge >= 0.3 is 0 Å². The van der Waals surface area contributed by atoms with E-state index in [0.29, 0.717) is 6.04 Å². The molecule has 0 heterocycles. The highest BCUT2D eigenvalue weighted by Crippen LogP contribution is 2.53. The SMILES string of the molecule is Cl.c1ccc(NNC2C3CC4CC(C3)CC2C4)cc1. The zero-order valence-corrected chi connectivity index (χ0v) is 12.0. The van der Waals surface area contributed by atoms with Gasteiger partial charge in [-0.1, -0.05) is 18.2 Å². The lowest BCUT2D eigenvalue weighted by Crippen LogP contribution is -2.55. The van der Waals surface area contributed by atoms with Gasteiger partial charge in [0.05, 0.1) is 0 Å². The van der Waals surface area contributed by atoms with Crippen molar-refractivity contribution < 1.29 is 0 Å². The minimum atomic E-state index is 0. The highest BCUT2D eigenvalue weighted by molar-refractivity contribution is 5.85. The van der Waals surface area contributed by atoms with Crippen LogP contribution in [0.3, 0.4) is 0 Å². The third-order valence-electron chi connectivity index (χ3n) is 5.38. The normalized spacial score (nSPS) is 38.8.